The van der Waals surface area contributed by atoms with Gasteiger partial charge in [0.25, 0.3) is 0 Å². The van der Waals surface area contributed by atoms with Crippen LogP contribution in [0.15, 0.2) is 57.5 Å². The van der Waals surface area contributed by atoms with E-state index in [0.29, 0.717) is 24.8 Å². The number of aryl methyl sites for hydroxylation is 1. The predicted molar refractivity (Wildman–Crippen MR) is 118 cm³/mol. The molecule has 30 heavy (non-hydrogen) atoms. The molecule has 7 heteroatoms. The van der Waals surface area contributed by atoms with Crippen LogP contribution in [0, 0.1) is 12.8 Å². The molecule has 156 valence electrons. The van der Waals surface area contributed by atoms with Gasteiger partial charge >= 0.3 is 0 Å². The van der Waals surface area contributed by atoms with Gasteiger partial charge in [-0.2, -0.15) is 4.98 Å². The molecule has 1 aliphatic heterocycles. The summed E-state index contributed by atoms with van der Waals surface area (Å²) >= 11 is 3.46. The Labute approximate surface area is 184 Å². The molecule has 0 spiro atoms. The van der Waals surface area contributed by atoms with E-state index in [0.717, 1.165) is 41.5 Å². The fourth-order valence-corrected chi connectivity index (χ4v) is 4.05. The van der Waals surface area contributed by atoms with Crippen molar-refractivity contribution in [3.63, 3.8) is 0 Å². The second kappa shape index (κ2) is 9.53. The number of nitrogens with zero attached hydrogens (tertiary/aromatic N) is 3. The van der Waals surface area contributed by atoms with E-state index >= 15 is 0 Å². The highest BCUT2D eigenvalue weighted by atomic mass is 79.9. The maximum atomic E-state index is 12.5. The van der Waals surface area contributed by atoms with E-state index in [9.17, 15) is 4.79 Å². The molecular formula is C23H25BrN4O2. The third-order valence-electron chi connectivity index (χ3n) is 5.46. The lowest BCUT2D eigenvalue weighted by molar-refractivity contribution is -0.126. The number of aromatic nitrogens is 2. The van der Waals surface area contributed by atoms with Crippen molar-refractivity contribution in [2.45, 2.75) is 32.9 Å². The Morgan fingerprint density at radius 3 is 2.70 bits per heavy atom. The van der Waals surface area contributed by atoms with Gasteiger partial charge in [0, 0.05) is 22.5 Å². The Morgan fingerprint density at radius 2 is 1.97 bits per heavy atom. The summed E-state index contributed by atoms with van der Waals surface area (Å²) in [6.45, 7) is 4.94. The first-order valence-electron chi connectivity index (χ1n) is 10.2. The number of nitrogens with one attached hydrogen (secondary N) is 1. The summed E-state index contributed by atoms with van der Waals surface area (Å²) in [5.74, 6) is 1.40. The van der Waals surface area contributed by atoms with Crippen LogP contribution in [0.2, 0.25) is 0 Å². The van der Waals surface area contributed by atoms with Gasteiger partial charge in [0.15, 0.2) is 0 Å². The predicted octanol–water partition coefficient (Wildman–Crippen LogP) is 4.34. The molecule has 1 aromatic heterocycles. The molecular weight excluding hydrogens is 444 g/mol. The van der Waals surface area contributed by atoms with E-state index < -0.39 is 0 Å². The first-order valence-corrected chi connectivity index (χ1v) is 11.0. The molecule has 0 bridgehead atoms. The van der Waals surface area contributed by atoms with Crippen molar-refractivity contribution in [1.29, 1.82) is 0 Å². The quantitative estimate of drug-likeness (QED) is 0.582. The monoisotopic (exact) mass is 468 g/mol. The highest BCUT2D eigenvalue weighted by Gasteiger charge is 2.25. The lowest BCUT2D eigenvalue weighted by Crippen LogP contribution is -2.40. The van der Waals surface area contributed by atoms with Gasteiger partial charge in [-0.1, -0.05) is 63.0 Å². The first-order chi connectivity index (χ1) is 14.6. The molecule has 1 saturated heterocycles. The Balaban J connectivity index is 1.24. The first kappa shape index (κ1) is 20.8. The molecule has 3 aromatic rings. The topological polar surface area (TPSA) is 71.3 Å². The van der Waals surface area contributed by atoms with Crippen LogP contribution >= 0.6 is 15.9 Å². The van der Waals surface area contributed by atoms with Crippen LogP contribution in [0.3, 0.4) is 0 Å². The summed E-state index contributed by atoms with van der Waals surface area (Å²) in [5, 5.41) is 7.17. The van der Waals surface area contributed by atoms with Gasteiger partial charge in [-0.3, -0.25) is 9.69 Å². The summed E-state index contributed by atoms with van der Waals surface area (Å²) < 4.78 is 6.42. The van der Waals surface area contributed by atoms with Crippen molar-refractivity contribution in [3.05, 3.63) is 70.0 Å². The average molecular weight is 469 g/mol. The zero-order chi connectivity index (χ0) is 20.9. The summed E-state index contributed by atoms with van der Waals surface area (Å²) in [6, 6.07) is 16.1. The van der Waals surface area contributed by atoms with Crippen LogP contribution < -0.4 is 5.32 Å². The van der Waals surface area contributed by atoms with Gasteiger partial charge in [-0.05, 0) is 50.6 Å². The smallest absolute Gasteiger partial charge is 0.241 e. The normalized spacial score (nSPS) is 15.3. The molecule has 6 nitrogen and oxygen atoms in total. The Kier molecular flexibility index (Phi) is 6.59. The number of hydrogen-bond donors (Lipinski definition) is 1. The van der Waals surface area contributed by atoms with Crippen molar-refractivity contribution in [3.8, 4) is 11.4 Å². The highest BCUT2D eigenvalue weighted by molar-refractivity contribution is 9.10. The second-order valence-electron chi connectivity index (χ2n) is 7.78. The Morgan fingerprint density at radius 1 is 1.20 bits per heavy atom. The van der Waals surface area contributed by atoms with E-state index in [-0.39, 0.29) is 11.8 Å². The zero-order valence-corrected chi connectivity index (χ0v) is 18.6. The molecule has 2 aromatic carbocycles. The molecule has 1 aliphatic rings. The largest absolute Gasteiger partial charge is 0.352 e. The lowest BCUT2D eigenvalue weighted by atomic mass is 9.96. The van der Waals surface area contributed by atoms with Crippen molar-refractivity contribution < 1.29 is 9.32 Å². The molecule has 0 aliphatic carbocycles. The van der Waals surface area contributed by atoms with Crippen LogP contribution in [0.5, 0.6) is 0 Å². The van der Waals surface area contributed by atoms with E-state index in [2.05, 4.69) is 67.5 Å². The molecule has 0 atom stereocenters. The molecule has 0 radical (unpaired) electrons. The third kappa shape index (κ3) is 5.34. The number of benzene rings is 2. The Bertz CT molecular complexity index is 994. The van der Waals surface area contributed by atoms with Crippen LogP contribution in [0.25, 0.3) is 11.4 Å². The summed E-state index contributed by atoms with van der Waals surface area (Å²) in [7, 11) is 0. The molecule has 1 fully saturated rings. The minimum absolute atomic E-state index is 0.0617. The van der Waals surface area contributed by atoms with Crippen molar-refractivity contribution in [2.75, 3.05) is 13.1 Å². The van der Waals surface area contributed by atoms with Gasteiger partial charge in [0.2, 0.25) is 17.6 Å². The number of hydrogen-bond acceptors (Lipinski definition) is 5. The number of carbonyl (C=O) groups excluding carboxylic acids is 1. The summed E-state index contributed by atoms with van der Waals surface area (Å²) in [6.07, 6.45) is 1.68. The van der Waals surface area contributed by atoms with Gasteiger partial charge < -0.3 is 9.84 Å². The number of likely N-dealkylation sites (tertiary alicyclic amines) is 1. The lowest BCUT2D eigenvalue weighted by Gasteiger charge is -2.30. The molecule has 4 rings (SSSR count). The molecule has 1 amide bonds. The maximum absolute atomic E-state index is 12.5. The van der Waals surface area contributed by atoms with Crippen molar-refractivity contribution >= 4 is 21.8 Å². The number of piperidine rings is 1. The van der Waals surface area contributed by atoms with E-state index in [1.165, 1.54) is 5.56 Å². The van der Waals surface area contributed by atoms with Gasteiger partial charge in [-0.15, -0.1) is 0 Å². The fourth-order valence-electron chi connectivity index (χ4n) is 3.65. The van der Waals surface area contributed by atoms with Crippen molar-refractivity contribution in [1.82, 2.24) is 20.4 Å². The number of rotatable bonds is 6. The van der Waals surface area contributed by atoms with Gasteiger partial charge in [0.1, 0.15) is 0 Å². The second-order valence-corrected chi connectivity index (χ2v) is 8.69. The van der Waals surface area contributed by atoms with Crippen LogP contribution in [0.1, 0.15) is 29.9 Å². The molecule has 0 unspecified atom stereocenters. The zero-order valence-electron chi connectivity index (χ0n) is 17.0. The molecule has 0 saturated carbocycles. The standard InChI is InChI=1S/C23H25BrN4O2/c1-16-5-7-17(8-6-16)14-25-23(29)18-9-11-28(12-10-18)15-21-26-22(27-30-21)19-3-2-4-20(24)13-19/h2-8,13,18H,9-12,14-15H2,1H3,(H,25,29). The van der Waals surface area contributed by atoms with Crippen LogP contribution in [-0.4, -0.2) is 34.0 Å². The fraction of sp³-hybridized carbons (Fsp3) is 0.348. The molecule has 1 N–H and O–H groups in total. The minimum atomic E-state index is 0.0617. The minimum Gasteiger partial charge on any atom is -0.352 e. The van der Waals surface area contributed by atoms with Gasteiger partial charge in [0.05, 0.1) is 6.54 Å². The van der Waals surface area contributed by atoms with E-state index in [4.69, 9.17) is 4.52 Å². The van der Waals surface area contributed by atoms with E-state index in [1.54, 1.807) is 0 Å². The van der Waals surface area contributed by atoms with E-state index in [1.807, 2.05) is 24.3 Å². The third-order valence-corrected chi connectivity index (χ3v) is 5.95. The van der Waals surface area contributed by atoms with Crippen LogP contribution in [0.4, 0.5) is 0 Å². The number of carbonyl (C=O) groups is 1. The van der Waals surface area contributed by atoms with Crippen molar-refractivity contribution in [2.24, 2.45) is 5.92 Å². The summed E-state index contributed by atoms with van der Waals surface area (Å²) in [4.78, 5) is 19.3. The maximum Gasteiger partial charge on any atom is 0.241 e. The highest BCUT2D eigenvalue weighted by Crippen LogP contribution is 2.22. The average Bonchev–Trinajstić information content (AvgIpc) is 3.22. The Hall–Kier alpha value is -2.51. The SMILES string of the molecule is Cc1ccc(CNC(=O)C2CCN(Cc3nc(-c4cccc(Br)c4)no3)CC2)cc1. The van der Waals surface area contributed by atoms with Gasteiger partial charge in [-0.25, -0.2) is 0 Å². The molecule has 2 heterocycles. The van der Waals surface area contributed by atoms with Crippen LogP contribution in [-0.2, 0) is 17.9 Å². The summed E-state index contributed by atoms with van der Waals surface area (Å²) in [5.41, 5.74) is 3.27. The number of amides is 1. The number of halogens is 1.